The zero-order valence-electron chi connectivity index (χ0n) is 13.1. The van der Waals surface area contributed by atoms with Gasteiger partial charge in [0, 0.05) is 6.42 Å². The van der Waals surface area contributed by atoms with Crippen molar-refractivity contribution in [2.24, 2.45) is 0 Å². The summed E-state index contributed by atoms with van der Waals surface area (Å²) < 4.78 is 2.14. The van der Waals surface area contributed by atoms with E-state index in [1.165, 1.54) is 5.56 Å². The van der Waals surface area contributed by atoms with E-state index >= 15 is 0 Å². The number of hydrogen-bond donors (Lipinski definition) is 0. The minimum absolute atomic E-state index is 0.0277. The van der Waals surface area contributed by atoms with E-state index in [1.807, 2.05) is 29.6 Å². The fraction of sp³-hybridized carbons (Fsp3) is 0.278. The molecular formula is C18H17N3OS2. The van der Waals surface area contributed by atoms with Crippen LogP contribution in [0.2, 0.25) is 0 Å². The molecule has 0 amide bonds. The van der Waals surface area contributed by atoms with Crippen LogP contribution in [-0.2, 0) is 11.3 Å². The molecule has 0 spiro atoms. The zero-order valence-corrected chi connectivity index (χ0v) is 14.7. The summed E-state index contributed by atoms with van der Waals surface area (Å²) in [5.74, 6) is 1.22. The van der Waals surface area contributed by atoms with Crippen LogP contribution in [0.4, 0.5) is 0 Å². The van der Waals surface area contributed by atoms with E-state index in [1.54, 1.807) is 23.1 Å². The molecule has 0 unspecified atom stereocenters. The molecule has 0 saturated heterocycles. The van der Waals surface area contributed by atoms with E-state index in [0.717, 1.165) is 28.7 Å². The third kappa shape index (κ3) is 3.16. The van der Waals surface area contributed by atoms with Crippen molar-refractivity contribution < 1.29 is 4.79 Å². The summed E-state index contributed by atoms with van der Waals surface area (Å²) in [5.41, 5.74) is 1.20. The quantitative estimate of drug-likeness (QED) is 0.686. The highest BCUT2D eigenvalue weighted by atomic mass is 32.2. The fourth-order valence-corrected chi connectivity index (χ4v) is 4.78. The highest BCUT2D eigenvalue weighted by molar-refractivity contribution is 8.00. The Balaban J connectivity index is 1.69. The molecule has 0 N–H and O–H groups in total. The summed E-state index contributed by atoms with van der Waals surface area (Å²) in [6, 6.07) is 14.4. The van der Waals surface area contributed by atoms with Gasteiger partial charge in [-0.05, 0) is 29.9 Å². The molecule has 0 bridgehead atoms. The molecule has 24 heavy (non-hydrogen) atoms. The number of aromatic nitrogens is 3. The van der Waals surface area contributed by atoms with Gasteiger partial charge in [-0.2, -0.15) is 0 Å². The fourth-order valence-electron chi connectivity index (χ4n) is 2.91. The largest absolute Gasteiger partial charge is 0.298 e. The van der Waals surface area contributed by atoms with Crippen molar-refractivity contribution >= 4 is 28.9 Å². The van der Waals surface area contributed by atoms with E-state index in [9.17, 15) is 4.79 Å². The summed E-state index contributed by atoms with van der Waals surface area (Å²) in [4.78, 5) is 13.1. The third-order valence-corrected chi connectivity index (χ3v) is 6.30. The molecule has 3 aromatic rings. The molecule has 0 aliphatic heterocycles. The molecule has 4 nitrogen and oxygen atoms in total. The highest BCUT2D eigenvalue weighted by Gasteiger charge is 2.28. The Morgan fingerprint density at radius 3 is 2.75 bits per heavy atom. The van der Waals surface area contributed by atoms with Crippen LogP contribution in [0.1, 0.15) is 24.8 Å². The van der Waals surface area contributed by atoms with Gasteiger partial charge in [-0.1, -0.05) is 48.2 Å². The Morgan fingerprint density at radius 1 is 1.17 bits per heavy atom. The van der Waals surface area contributed by atoms with Gasteiger partial charge in [-0.3, -0.25) is 9.36 Å². The van der Waals surface area contributed by atoms with Crippen LogP contribution in [0.5, 0.6) is 0 Å². The number of ketones is 1. The lowest BCUT2D eigenvalue weighted by Gasteiger charge is -2.11. The number of hydrogen-bond acceptors (Lipinski definition) is 5. The monoisotopic (exact) mass is 355 g/mol. The van der Waals surface area contributed by atoms with Crippen molar-refractivity contribution in [1.29, 1.82) is 0 Å². The molecule has 1 fully saturated rings. The number of thiophene rings is 1. The summed E-state index contributed by atoms with van der Waals surface area (Å²) >= 11 is 3.23. The van der Waals surface area contributed by atoms with Crippen LogP contribution in [0.3, 0.4) is 0 Å². The van der Waals surface area contributed by atoms with Crippen LogP contribution in [0, 0.1) is 0 Å². The topological polar surface area (TPSA) is 47.8 Å². The maximum Gasteiger partial charge on any atom is 0.192 e. The lowest BCUT2D eigenvalue weighted by atomic mass is 10.2. The van der Waals surface area contributed by atoms with Crippen LogP contribution < -0.4 is 0 Å². The van der Waals surface area contributed by atoms with E-state index in [4.69, 9.17) is 0 Å². The Kier molecular flexibility index (Phi) is 4.49. The summed E-state index contributed by atoms with van der Waals surface area (Å²) in [6.45, 7) is 0.713. The van der Waals surface area contributed by atoms with Gasteiger partial charge in [0.2, 0.25) is 0 Å². The Labute approximate surface area is 148 Å². The number of thioether (sulfide) groups is 1. The smallest absolute Gasteiger partial charge is 0.192 e. The van der Waals surface area contributed by atoms with Crippen molar-refractivity contribution in [3.8, 4) is 10.7 Å². The maximum absolute atomic E-state index is 12.0. The predicted octanol–water partition coefficient (Wildman–Crippen LogP) is 4.27. The standard InChI is InChI=1S/C18H17N3OS2/c22-14-8-4-9-15(14)24-18-20-19-17(16-10-5-11-23-16)21(18)12-13-6-2-1-3-7-13/h1-3,5-7,10-11,15H,4,8-9,12H2/t15-/m0/s1. The van der Waals surface area contributed by atoms with Gasteiger partial charge in [0.1, 0.15) is 5.78 Å². The van der Waals surface area contributed by atoms with Crippen molar-refractivity contribution in [3.63, 3.8) is 0 Å². The SMILES string of the molecule is O=C1CCC[C@@H]1Sc1nnc(-c2cccs2)n1Cc1ccccc1. The van der Waals surface area contributed by atoms with E-state index in [0.29, 0.717) is 18.7 Å². The molecule has 1 aliphatic carbocycles. The molecule has 1 saturated carbocycles. The molecule has 4 rings (SSSR count). The van der Waals surface area contributed by atoms with E-state index in [2.05, 4.69) is 33.0 Å². The second-order valence-corrected chi connectivity index (χ2v) is 7.94. The molecule has 2 heterocycles. The minimum Gasteiger partial charge on any atom is -0.298 e. The van der Waals surface area contributed by atoms with E-state index < -0.39 is 0 Å². The summed E-state index contributed by atoms with van der Waals surface area (Å²) in [7, 11) is 0. The average molecular weight is 355 g/mol. The Bertz CT molecular complexity index is 827. The van der Waals surface area contributed by atoms with Gasteiger partial charge in [0.05, 0.1) is 16.7 Å². The second-order valence-electron chi connectivity index (χ2n) is 5.82. The first-order valence-corrected chi connectivity index (χ1v) is 9.77. The molecule has 1 aliphatic rings. The number of nitrogens with zero attached hydrogens (tertiary/aromatic N) is 3. The van der Waals surface area contributed by atoms with Gasteiger partial charge in [-0.25, -0.2) is 0 Å². The Hall–Kier alpha value is -1.92. The first-order chi connectivity index (χ1) is 11.8. The number of carbonyl (C=O) groups excluding carboxylic acids is 1. The average Bonchev–Trinajstić information content (AvgIpc) is 3.32. The number of Topliss-reactive ketones (excluding diaryl/α,β-unsaturated/α-hetero) is 1. The van der Waals surface area contributed by atoms with Crippen LogP contribution >= 0.6 is 23.1 Å². The molecule has 2 aromatic heterocycles. The first-order valence-electron chi connectivity index (χ1n) is 8.01. The normalized spacial score (nSPS) is 17.5. The van der Waals surface area contributed by atoms with Gasteiger partial charge in [-0.15, -0.1) is 21.5 Å². The van der Waals surface area contributed by atoms with Crippen molar-refractivity contribution in [2.75, 3.05) is 0 Å². The highest BCUT2D eigenvalue weighted by Crippen LogP contribution is 2.34. The van der Waals surface area contributed by atoms with Crippen molar-refractivity contribution in [1.82, 2.24) is 14.8 Å². The second kappa shape index (κ2) is 6.91. The van der Waals surface area contributed by atoms with Crippen LogP contribution in [0.25, 0.3) is 10.7 Å². The molecule has 1 aromatic carbocycles. The minimum atomic E-state index is 0.0277. The maximum atomic E-state index is 12.0. The van der Waals surface area contributed by atoms with E-state index in [-0.39, 0.29) is 5.25 Å². The van der Waals surface area contributed by atoms with Crippen LogP contribution in [0.15, 0.2) is 53.0 Å². The zero-order chi connectivity index (χ0) is 16.4. The number of rotatable bonds is 5. The van der Waals surface area contributed by atoms with Crippen LogP contribution in [-0.4, -0.2) is 25.8 Å². The predicted molar refractivity (Wildman–Crippen MR) is 97.4 cm³/mol. The first kappa shape index (κ1) is 15.6. The number of benzene rings is 1. The lowest BCUT2D eigenvalue weighted by molar-refractivity contribution is -0.116. The van der Waals surface area contributed by atoms with Gasteiger partial charge >= 0.3 is 0 Å². The van der Waals surface area contributed by atoms with Gasteiger partial charge in [0.25, 0.3) is 0 Å². The van der Waals surface area contributed by atoms with Gasteiger partial charge < -0.3 is 0 Å². The Morgan fingerprint density at radius 2 is 2.04 bits per heavy atom. The number of carbonyl (C=O) groups is 1. The lowest BCUT2D eigenvalue weighted by Crippen LogP contribution is -2.11. The molecule has 1 atom stereocenters. The van der Waals surface area contributed by atoms with Crippen molar-refractivity contribution in [3.05, 3.63) is 53.4 Å². The van der Waals surface area contributed by atoms with Gasteiger partial charge in [0.15, 0.2) is 11.0 Å². The molecular weight excluding hydrogens is 338 g/mol. The summed E-state index contributed by atoms with van der Waals surface area (Å²) in [6.07, 6.45) is 2.62. The molecule has 6 heteroatoms. The molecule has 0 radical (unpaired) electrons. The summed E-state index contributed by atoms with van der Waals surface area (Å²) in [5, 5.41) is 11.7. The molecule has 122 valence electrons. The third-order valence-electron chi connectivity index (χ3n) is 4.14. The van der Waals surface area contributed by atoms with Crippen molar-refractivity contribution in [2.45, 2.75) is 36.2 Å².